The van der Waals surface area contributed by atoms with Gasteiger partial charge in [0.2, 0.25) is 0 Å². The standard InChI is InChI=1S/C16H20Cl2N2O/c1-4-13-16(18)14(20(5-2)19-13)9-15(21)11-7-6-8-12(17)10(11)3/h6-8,15,21H,4-5,9H2,1-3H3. The molecule has 0 aliphatic rings. The molecule has 1 N–H and O–H groups in total. The minimum Gasteiger partial charge on any atom is -0.388 e. The molecular formula is C16H20Cl2N2O. The molecule has 3 nitrogen and oxygen atoms in total. The number of hydrogen-bond acceptors (Lipinski definition) is 2. The molecule has 2 aromatic rings. The highest BCUT2D eigenvalue weighted by Gasteiger charge is 2.20. The average molecular weight is 327 g/mol. The van der Waals surface area contributed by atoms with E-state index in [2.05, 4.69) is 5.10 Å². The van der Waals surface area contributed by atoms with Crippen molar-refractivity contribution in [2.75, 3.05) is 0 Å². The van der Waals surface area contributed by atoms with Crippen LogP contribution < -0.4 is 0 Å². The number of benzene rings is 1. The maximum atomic E-state index is 10.5. The third kappa shape index (κ3) is 3.25. The second kappa shape index (κ2) is 6.82. The van der Waals surface area contributed by atoms with Crippen molar-refractivity contribution < 1.29 is 5.11 Å². The van der Waals surface area contributed by atoms with Gasteiger partial charge in [0.1, 0.15) is 0 Å². The van der Waals surface area contributed by atoms with Gasteiger partial charge in [-0.2, -0.15) is 5.10 Å². The summed E-state index contributed by atoms with van der Waals surface area (Å²) in [6, 6.07) is 5.57. The van der Waals surface area contributed by atoms with Crippen molar-refractivity contribution in [1.82, 2.24) is 9.78 Å². The molecule has 0 radical (unpaired) electrons. The van der Waals surface area contributed by atoms with Crippen LogP contribution in [-0.4, -0.2) is 14.9 Å². The number of aryl methyl sites for hydroxylation is 2. The molecule has 0 spiro atoms. The average Bonchev–Trinajstić information content (AvgIpc) is 2.78. The van der Waals surface area contributed by atoms with Crippen molar-refractivity contribution in [2.45, 2.75) is 46.3 Å². The fraction of sp³-hybridized carbons (Fsp3) is 0.438. The molecule has 0 amide bonds. The summed E-state index contributed by atoms with van der Waals surface area (Å²) in [5.74, 6) is 0. The Balaban J connectivity index is 2.33. The SMILES string of the molecule is CCc1nn(CC)c(CC(O)c2cccc(Cl)c2C)c1Cl. The van der Waals surface area contributed by atoms with Gasteiger partial charge in [0.05, 0.1) is 22.5 Å². The Morgan fingerprint density at radius 3 is 2.62 bits per heavy atom. The molecule has 1 atom stereocenters. The first-order valence-corrected chi connectivity index (χ1v) is 7.92. The number of aliphatic hydroxyl groups excluding tert-OH is 1. The van der Waals surface area contributed by atoms with Gasteiger partial charge in [-0.05, 0) is 37.5 Å². The lowest BCUT2D eigenvalue weighted by molar-refractivity contribution is 0.174. The van der Waals surface area contributed by atoms with Crippen molar-refractivity contribution in [3.05, 3.63) is 50.8 Å². The zero-order valence-corrected chi connectivity index (χ0v) is 14.0. The van der Waals surface area contributed by atoms with Crippen molar-refractivity contribution in [3.63, 3.8) is 0 Å². The number of aromatic nitrogens is 2. The summed E-state index contributed by atoms with van der Waals surface area (Å²) >= 11 is 12.5. The van der Waals surface area contributed by atoms with Gasteiger partial charge in [-0.1, -0.05) is 42.3 Å². The molecule has 1 heterocycles. The highest BCUT2D eigenvalue weighted by Crippen LogP contribution is 2.30. The Hall–Kier alpha value is -1.03. The van der Waals surface area contributed by atoms with Crippen molar-refractivity contribution in [2.24, 2.45) is 0 Å². The molecule has 0 fully saturated rings. The van der Waals surface area contributed by atoms with Crippen molar-refractivity contribution >= 4 is 23.2 Å². The van der Waals surface area contributed by atoms with E-state index in [9.17, 15) is 5.11 Å². The van der Waals surface area contributed by atoms with Gasteiger partial charge in [-0.3, -0.25) is 4.68 Å². The molecule has 0 saturated heterocycles. The number of nitrogens with zero attached hydrogens (tertiary/aromatic N) is 2. The van der Waals surface area contributed by atoms with Crippen LogP contribution in [-0.2, 0) is 19.4 Å². The topological polar surface area (TPSA) is 38.0 Å². The number of aliphatic hydroxyl groups is 1. The number of rotatable bonds is 5. The summed E-state index contributed by atoms with van der Waals surface area (Å²) < 4.78 is 1.87. The monoisotopic (exact) mass is 326 g/mol. The van der Waals surface area contributed by atoms with E-state index in [0.29, 0.717) is 16.5 Å². The van der Waals surface area contributed by atoms with E-state index in [4.69, 9.17) is 23.2 Å². The Bertz CT molecular complexity index is 637. The largest absolute Gasteiger partial charge is 0.388 e. The van der Waals surface area contributed by atoms with Crippen LogP contribution in [0.25, 0.3) is 0 Å². The van der Waals surface area contributed by atoms with Crippen LogP contribution in [0.15, 0.2) is 18.2 Å². The van der Waals surface area contributed by atoms with E-state index in [1.165, 1.54) is 0 Å². The second-order valence-corrected chi connectivity index (χ2v) is 5.84. The minimum atomic E-state index is -0.645. The maximum Gasteiger partial charge on any atom is 0.0851 e. The van der Waals surface area contributed by atoms with E-state index in [-0.39, 0.29) is 0 Å². The van der Waals surface area contributed by atoms with E-state index < -0.39 is 6.10 Å². The van der Waals surface area contributed by atoms with Gasteiger partial charge in [0.15, 0.2) is 0 Å². The molecule has 5 heteroatoms. The van der Waals surface area contributed by atoms with E-state index in [1.807, 2.05) is 43.7 Å². The van der Waals surface area contributed by atoms with Gasteiger partial charge < -0.3 is 5.11 Å². The molecule has 0 aliphatic heterocycles. The first-order valence-electron chi connectivity index (χ1n) is 7.16. The highest BCUT2D eigenvalue weighted by atomic mass is 35.5. The lowest BCUT2D eigenvalue weighted by Crippen LogP contribution is -2.10. The van der Waals surface area contributed by atoms with E-state index in [0.717, 1.165) is 35.5 Å². The Labute approximate surface area is 135 Å². The Kier molecular flexibility index (Phi) is 5.31. The lowest BCUT2D eigenvalue weighted by Gasteiger charge is -2.15. The van der Waals surface area contributed by atoms with Gasteiger partial charge in [0.25, 0.3) is 0 Å². The molecule has 0 bridgehead atoms. The first-order chi connectivity index (χ1) is 9.99. The third-order valence-electron chi connectivity index (χ3n) is 3.75. The van der Waals surface area contributed by atoms with Crippen LogP contribution in [0.3, 0.4) is 0 Å². The molecule has 1 unspecified atom stereocenters. The molecule has 0 saturated carbocycles. The minimum absolute atomic E-state index is 0.431. The first kappa shape index (κ1) is 16.3. The fourth-order valence-corrected chi connectivity index (χ4v) is 3.02. The van der Waals surface area contributed by atoms with E-state index in [1.54, 1.807) is 0 Å². The number of hydrogen-bond donors (Lipinski definition) is 1. The van der Waals surface area contributed by atoms with Crippen molar-refractivity contribution in [3.8, 4) is 0 Å². The summed E-state index contributed by atoms with van der Waals surface area (Å²) in [4.78, 5) is 0. The zero-order valence-electron chi connectivity index (χ0n) is 12.5. The maximum absolute atomic E-state index is 10.5. The smallest absolute Gasteiger partial charge is 0.0851 e. The Morgan fingerprint density at radius 2 is 2.00 bits per heavy atom. The molecule has 1 aromatic heterocycles. The highest BCUT2D eigenvalue weighted by molar-refractivity contribution is 6.32. The summed E-state index contributed by atoms with van der Waals surface area (Å²) in [6.07, 6.45) is 0.569. The van der Waals surface area contributed by atoms with Crippen LogP contribution in [0.5, 0.6) is 0 Å². The van der Waals surface area contributed by atoms with Crippen LogP contribution in [0, 0.1) is 6.92 Å². The molecular weight excluding hydrogens is 307 g/mol. The van der Waals surface area contributed by atoms with Gasteiger partial charge >= 0.3 is 0 Å². The predicted octanol–water partition coefficient (Wildman–Crippen LogP) is 4.36. The fourth-order valence-electron chi connectivity index (χ4n) is 2.49. The summed E-state index contributed by atoms with van der Waals surface area (Å²) in [5, 5.41) is 16.4. The normalized spacial score (nSPS) is 12.7. The number of halogens is 2. The van der Waals surface area contributed by atoms with Gasteiger partial charge in [-0.25, -0.2) is 0 Å². The quantitative estimate of drug-likeness (QED) is 0.886. The third-order valence-corrected chi connectivity index (χ3v) is 4.60. The zero-order chi connectivity index (χ0) is 15.6. The summed E-state index contributed by atoms with van der Waals surface area (Å²) in [7, 11) is 0. The van der Waals surface area contributed by atoms with Gasteiger partial charge in [0, 0.05) is 18.0 Å². The molecule has 0 aliphatic carbocycles. The van der Waals surface area contributed by atoms with Crippen LogP contribution in [0.2, 0.25) is 10.0 Å². The Morgan fingerprint density at radius 1 is 1.29 bits per heavy atom. The predicted molar refractivity (Wildman–Crippen MR) is 87.1 cm³/mol. The van der Waals surface area contributed by atoms with Crippen LogP contribution in [0.4, 0.5) is 0 Å². The molecule has 1 aromatic carbocycles. The van der Waals surface area contributed by atoms with E-state index >= 15 is 0 Å². The molecule has 21 heavy (non-hydrogen) atoms. The summed E-state index contributed by atoms with van der Waals surface area (Å²) in [5.41, 5.74) is 3.49. The second-order valence-electron chi connectivity index (χ2n) is 5.05. The summed E-state index contributed by atoms with van der Waals surface area (Å²) in [6.45, 7) is 6.69. The van der Waals surface area contributed by atoms with Crippen LogP contribution in [0.1, 0.15) is 42.5 Å². The van der Waals surface area contributed by atoms with Crippen LogP contribution >= 0.6 is 23.2 Å². The molecule has 2 rings (SSSR count). The van der Waals surface area contributed by atoms with Gasteiger partial charge in [-0.15, -0.1) is 0 Å². The molecule has 114 valence electrons. The lowest BCUT2D eigenvalue weighted by atomic mass is 9.99. The van der Waals surface area contributed by atoms with Crippen molar-refractivity contribution in [1.29, 1.82) is 0 Å².